The van der Waals surface area contributed by atoms with E-state index < -0.39 is 0 Å². The molecule has 1 N–H and O–H groups in total. The second kappa shape index (κ2) is 6.21. The summed E-state index contributed by atoms with van der Waals surface area (Å²) in [7, 11) is 1.83. The Morgan fingerprint density at radius 3 is 2.72 bits per heavy atom. The van der Waals surface area contributed by atoms with Crippen molar-refractivity contribution in [1.82, 2.24) is 4.90 Å². The lowest BCUT2D eigenvalue weighted by Gasteiger charge is -2.17. The highest BCUT2D eigenvalue weighted by Crippen LogP contribution is 2.09. The molecule has 0 radical (unpaired) electrons. The summed E-state index contributed by atoms with van der Waals surface area (Å²) < 4.78 is 0. The van der Waals surface area contributed by atoms with Crippen molar-refractivity contribution in [2.24, 2.45) is 0 Å². The molecule has 0 atom stereocenters. The van der Waals surface area contributed by atoms with E-state index in [4.69, 9.17) is 0 Å². The van der Waals surface area contributed by atoms with Crippen LogP contribution in [0.3, 0.4) is 0 Å². The van der Waals surface area contributed by atoms with Crippen LogP contribution < -0.4 is 5.32 Å². The monoisotopic (exact) mass is 260 g/mol. The Morgan fingerprint density at radius 2 is 2.06 bits per heavy atom. The predicted molar refractivity (Wildman–Crippen MR) is 75.7 cm³/mol. The number of benzene rings is 1. The molecule has 0 saturated heterocycles. The molecule has 4 heteroatoms. The topological polar surface area (TPSA) is 32.3 Å². The molecule has 0 unspecified atom stereocenters. The average molecular weight is 260 g/mol. The Labute approximate surface area is 111 Å². The van der Waals surface area contributed by atoms with Crippen LogP contribution in [0.1, 0.15) is 5.56 Å². The van der Waals surface area contributed by atoms with Crippen LogP contribution in [-0.4, -0.2) is 24.4 Å². The zero-order chi connectivity index (χ0) is 12.8. The lowest BCUT2D eigenvalue weighted by Crippen LogP contribution is -2.31. The van der Waals surface area contributed by atoms with E-state index in [0.29, 0.717) is 13.1 Å². The Kier molecular flexibility index (Phi) is 4.36. The van der Waals surface area contributed by atoms with Gasteiger partial charge >= 0.3 is 0 Å². The van der Waals surface area contributed by atoms with Gasteiger partial charge < -0.3 is 10.2 Å². The first-order chi connectivity index (χ1) is 8.75. The van der Waals surface area contributed by atoms with Crippen molar-refractivity contribution in [2.45, 2.75) is 6.54 Å². The number of anilines is 1. The number of hydrogen-bond acceptors (Lipinski definition) is 3. The summed E-state index contributed by atoms with van der Waals surface area (Å²) in [5, 5.41) is 7.20. The molecule has 1 heterocycles. The van der Waals surface area contributed by atoms with Gasteiger partial charge in [0.15, 0.2) is 0 Å². The zero-order valence-corrected chi connectivity index (χ0v) is 11.1. The van der Waals surface area contributed by atoms with E-state index in [1.807, 2.05) is 48.8 Å². The number of hydrogen-bond donors (Lipinski definition) is 1. The lowest BCUT2D eigenvalue weighted by atomic mass is 10.3. The number of likely N-dealkylation sites (N-methyl/N-ethyl adjacent to an activating group) is 1. The summed E-state index contributed by atoms with van der Waals surface area (Å²) in [6, 6.07) is 11.8. The fourth-order valence-electron chi connectivity index (χ4n) is 1.61. The molecule has 18 heavy (non-hydrogen) atoms. The largest absolute Gasteiger partial charge is 0.376 e. The molecule has 0 saturated carbocycles. The highest BCUT2D eigenvalue weighted by atomic mass is 32.1. The van der Waals surface area contributed by atoms with Crippen LogP contribution in [0.25, 0.3) is 0 Å². The molecule has 1 aromatic heterocycles. The molecule has 1 amide bonds. The van der Waals surface area contributed by atoms with Gasteiger partial charge in [-0.15, -0.1) is 0 Å². The number of carbonyl (C=O) groups is 1. The predicted octanol–water partition coefficient (Wildman–Crippen LogP) is 2.82. The van der Waals surface area contributed by atoms with Crippen molar-refractivity contribution in [3.8, 4) is 0 Å². The minimum absolute atomic E-state index is 0.0880. The molecular formula is C14H16N2OS. The molecule has 0 aliphatic heterocycles. The molecule has 0 bridgehead atoms. The van der Waals surface area contributed by atoms with Crippen LogP contribution in [0, 0.1) is 0 Å². The fourth-order valence-corrected chi connectivity index (χ4v) is 2.27. The van der Waals surface area contributed by atoms with Crippen LogP contribution in [0.5, 0.6) is 0 Å². The van der Waals surface area contributed by atoms with Crippen LogP contribution in [-0.2, 0) is 11.3 Å². The van der Waals surface area contributed by atoms with Gasteiger partial charge in [-0.25, -0.2) is 0 Å². The number of para-hydroxylation sites is 1. The number of nitrogens with one attached hydrogen (secondary N) is 1. The highest BCUT2D eigenvalue weighted by Gasteiger charge is 2.08. The first kappa shape index (κ1) is 12.6. The quantitative estimate of drug-likeness (QED) is 0.896. The van der Waals surface area contributed by atoms with Gasteiger partial charge in [0.25, 0.3) is 0 Å². The van der Waals surface area contributed by atoms with Crippen LogP contribution in [0.2, 0.25) is 0 Å². The second-order valence-electron chi connectivity index (χ2n) is 4.10. The minimum atomic E-state index is 0.0880. The molecule has 1 aromatic carbocycles. The van der Waals surface area contributed by atoms with E-state index >= 15 is 0 Å². The fraction of sp³-hybridized carbons (Fsp3) is 0.214. The summed E-state index contributed by atoms with van der Waals surface area (Å²) in [5.74, 6) is 0.0880. The van der Waals surface area contributed by atoms with Crippen molar-refractivity contribution in [3.05, 3.63) is 52.7 Å². The number of carbonyl (C=O) groups excluding carboxylic acids is 1. The van der Waals surface area contributed by atoms with Gasteiger partial charge in [-0.1, -0.05) is 18.2 Å². The summed E-state index contributed by atoms with van der Waals surface area (Å²) >= 11 is 1.65. The number of thiophene rings is 1. The van der Waals surface area contributed by atoms with Crippen LogP contribution >= 0.6 is 11.3 Å². The van der Waals surface area contributed by atoms with Gasteiger partial charge in [0.05, 0.1) is 6.54 Å². The van der Waals surface area contributed by atoms with Crippen molar-refractivity contribution in [3.63, 3.8) is 0 Å². The summed E-state index contributed by atoms with van der Waals surface area (Å²) in [5.41, 5.74) is 2.14. The maximum Gasteiger partial charge on any atom is 0.241 e. The first-order valence-corrected chi connectivity index (χ1v) is 6.74. The minimum Gasteiger partial charge on any atom is -0.376 e. The van der Waals surface area contributed by atoms with Gasteiger partial charge in [0.1, 0.15) is 0 Å². The van der Waals surface area contributed by atoms with Crippen molar-refractivity contribution >= 4 is 22.9 Å². The summed E-state index contributed by atoms with van der Waals surface area (Å²) in [4.78, 5) is 13.6. The van der Waals surface area contributed by atoms with E-state index in [-0.39, 0.29) is 5.91 Å². The second-order valence-corrected chi connectivity index (χ2v) is 4.88. The Hall–Kier alpha value is -1.81. The molecular weight excluding hydrogens is 244 g/mol. The average Bonchev–Trinajstić information content (AvgIpc) is 2.90. The lowest BCUT2D eigenvalue weighted by molar-refractivity contribution is -0.128. The third-order valence-corrected chi connectivity index (χ3v) is 3.38. The van der Waals surface area contributed by atoms with Crippen molar-refractivity contribution in [2.75, 3.05) is 18.9 Å². The maximum atomic E-state index is 11.9. The van der Waals surface area contributed by atoms with E-state index in [1.54, 1.807) is 16.2 Å². The maximum absolute atomic E-state index is 11.9. The van der Waals surface area contributed by atoms with Crippen LogP contribution in [0.15, 0.2) is 47.2 Å². The number of nitrogens with zero attached hydrogens (tertiary/aromatic N) is 1. The zero-order valence-electron chi connectivity index (χ0n) is 10.3. The normalized spacial score (nSPS) is 10.1. The molecule has 94 valence electrons. The summed E-state index contributed by atoms with van der Waals surface area (Å²) in [6.07, 6.45) is 0. The third kappa shape index (κ3) is 3.60. The number of rotatable bonds is 5. The molecule has 0 aliphatic carbocycles. The Bertz CT molecular complexity index is 482. The van der Waals surface area contributed by atoms with E-state index in [0.717, 1.165) is 5.69 Å². The molecule has 0 fully saturated rings. The van der Waals surface area contributed by atoms with E-state index in [9.17, 15) is 4.79 Å². The van der Waals surface area contributed by atoms with Gasteiger partial charge in [-0.3, -0.25) is 4.79 Å². The van der Waals surface area contributed by atoms with E-state index in [2.05, 4.69) is 10.7 Å². The van der Waals surface area contributed by atoms with Gasteiger partial charge in [-0.05, 0) is 34.5 Å². The first-order valence-electron chi connectivity index (χ1n) is 5.79. The highest BCUT2D eigenvalue weighted by molar-refractivity contribution is 7.07. The van der Waals surface area contributed by atoms with Gasteiger partial charge in [0.2, 0.25) is 5.91 Å². The van der Waals surface area contributed by atoms with Crippen LogP contribution in [0.4, 0.5) is 5.69 Å². The molecule has 0 aliphatic rings. The molecule has 0 spiro atoms. The third-order valence-electron chi connectivity index (χ3n) is 2.64. The SMILES string of the molecule is CN(Cc1ccsc1)C(=O)CNc1ccccc1. The van der Waals surface area contributed by atoms with Crippen molar-refractivity contribution in [1.29, 1.82) is 0 Å². The molecule has 3 nitrogen and oxygen atoms in total. The molecule has 2 rings (SSSR count). The Balaban J connectivity index is 1.81. The smallest absolute Gasteiger partial charge is 0.241 e. The van der Waals surface area contributed by atoms with Gasteiger partial charge in [0, 0.05) is 19.3 Å². The van der Waals surface area contributed by atoms with E-state index in [1.165, 1.54) is 5.56 Å². The summed E-state index contributed by atoms with van der Waals surface area (Å²) in [6.45, 7) is 0.990. The molecule has 2 aromatic rings. The van der Waals surface area contributed by atoms with Gasteiger partial charge in [-0.2, -0.15) is 11.3 Å². The van der Waals surface area contributed by atoms with Crippen molar-refractivity contribution < 1.29 is 4.79 Å². The Morgan fingerprint density at radius 1 is 1.28 bits per heavy atom. The standard InChI is InChI=1S/C14H16N2OS/c1-16(10-12-7-8-18-11-12)14(17)9-15-13-5-3-2-4-6-13/h2-8,11,15H,9-10H2,1H3. The number of amides is 1.